The van der Waals surface area contributed by atoms with E-state index in [1.165, 1.54) is 14.0 Å². The maximum Gasteiger partial charge on any atom is 0.338 e. The monoisotopic (exact) mass is 645 g/mol. The van der Waals surface area contributed by atoms with Gasteiger partial charge in [-0.25, -0.2) is 4.79 Å². The molecule has 1 heterocycles. The molecule has 0 amide bonds. The van der Waals surface area contributed by atoms with Crippen LogP contribution >= 0.6 is 0 Å². The Hall–Kier alpha value is -2.16. The number of methoxy groups -OCH3 is 4. The van der Waals surface area contributed by atoms with Gasteiger partial charge in [0.05, 0.1) is 30.5 Å². The van der Waals surface area contributed by atoms with E-state index in [4.69, 9.17) is 28.4 Å². The Bertz CT molecular complexity index is 1360. The van der Waals surface area contributed by atoms with E-state index < -0.39 is 88.3 Å². The highest BCUT2D eigenvalue weighted by atomic mass is 16.6. The van der Waals surface area contributed by atoms with E-state index in [2.05, 4.69) is 4.90 Å². The Kier molecular flexibility index (Phi) is 7.69. The van der Waals surface area contributed by atoms with Crippen LogP contribution in [-0.4, -0.2) is 134 Å². The number of carbonyl (C=O) groups is 2. The van der Waals surface area contributed by atoms with Crippen molar-refractivity contribution < 1.29 is 53.3 Å². The topological polar surface area (TPSA) is 153 Å². The molecule has 7 rings (SSSR count). The first-order valence-corrected chi connectivity index (χ1v) is 16.3. The van der Waals surface area contributed by atoms with Crippen molar-refractivity contribution in [3.63, 3.8) is 0 Å². The molecule has 1 aromatic carbocycles. The summed E-state index contributed by atoms with van der Waals surface area (Å²) in [5, 5.41) is 37.3. The van der Waals surface area contributed by atoms with Crippen LogP contribution in [0.1, 0.15) is 37.0 Å². The van der Waals surface area contributed by atoms with Crippen LogP contribution in [0.15, 0.2) is 30.3 Å². The van der Waals surface area contributed by atoms with Gasteiger partial charge in [0.1, 0.15) is 23.9 Å². The molecule has 15 atom stereocenters. The van der Waals surface area contributed by atoms with Crippen molar-refractivity contribution in [3.05, 3.63) is 35.9 Å². The summed E-state index contributed by atoms with van der Waals surface area (Å²) in [6.45, 7) is 4.68. The largest absolute Gasteiger partial charge is 0.455 e. The van der Waals surface area contributed by atoms with Gasteiger partial charge in [0.25, 0.3) is 0 Å². The number of rotatable bonds is 9. The molecule has 12 heteroatoms. The van der Waals surface area contributed by atoms with Crippen molar-refractivity contribution in [2.24, 2.45) is 34.5 Å². The van der Waals surface area contributed by atoms with E-state index in [1.54, 1.807) is 51.7 Å². The summed E-state index contributed by atoms with van der Waals surface area (Å²) in [4.78, 5) is 29.3. The SMILES string of the molecule is CCN1C[C@@]2(COC)[C@@H](O)C[C@@H](OC)[C@@]34[C@@H]1[C@@H]([C@@H](OC)[C@@H]23)[C@@]1(OC(C)=O)[C@@H]2[C@H](OC(=O)c3ccccc3)[C@@](O)(C[C@@H]24)[C@H](OC)[C@H]1O. The van der Waals surface area contributed by atoms with Crippen LogP contribution in [0.5, 0.6) is 0 Å². The first-order valence-electron chi connectivity index (χ1n) is 16.3. The predicted molar refractivity (Wildman–Crippen MR) is 160 cm³/mol. The number of carbonyl (C=O) groups excluding carboxylic acids is 2. The smallest absolute Gasteiger partial charge is 0.338 e. The van der Waals surface area contributed by atoms with Crippen molar-refractivity contribution in [1.82, 2.24) is 4.90 Å². The van der Waals surface area contributed by atoms with Crippen LogP contribution in [0.3, 0.4) is 0 Å². The van der Waals surface area contributed by atoms with Gasteiger partial charge in [-0.15, -0.1) is 0 Å². The number of ether oxygens (including phenoxy) is 6. The zero-order valence-electron chi connectivity index (χ0n) is 27.3. The second-order valence-electron chi connectivity index (χ2n) is 14.4. The Morgan fingerprint density at radius 2 is 1.72 bits per heavy atom. The molecule has 6 aliphatic rings. The van der Waals surface area contributed by atoms with Gasteiger partial charge >= 0.3 is 11.9 Å². The lowest BCUT2D eigenvalue weighted by Gasteiger charge is -2.70. The standard InChI is InChI=1S/C34H47NO11/c1-7-35-15-31(16-41-3)20(37)13-21(42-4)33-19-14-32(40)28(45-30(39)18-11-9-8-10-12-18)22(19)34(46-17(2)36,27(38)29(32)44-6)23(26(33)35)24(43-5)25(31)33/h8-12,19-29,37-38,40H,7,13-16H2,1-6H3/t19-,20-,21+,22-,23+,24+,25-,26-,27+,28-,29+,31+,32-,33+,34-/m0/s1. The molecule has 1 aromatic rings. The summed E-state index contributed by atoms with van der Waals surface area (Å²) in [6.07, 6.45) is -5.49. The van der Waals surface area contributed by atoms with Gasteiger partial charge in [0.15, 0.2) is 5.60 Å². The first-order chi connectivity index (χ1) is 22.0. The minimum absolute atomic E-state index is 0.0791. The summed E-state index contributed by atoms with van der Waals surface area (Å²) in [5.74, 6) is -3.65. The lowest BCUT2D eigenvalue weighted by atomic mass is 9.42. The van der Waals surface area contributed by atoms with Crippen molar-refractivity contribution in [2.45, 2.75) is 80.6 Å². The fourth-order valence-corrected chi connectivity index (χ4v) is 12.3. The molecule has 1 spiro atoms. The summed E-state index contributed by atoms with van der Waals surface area (Å²) in [6, 6.07) is 8.18. The molecule has 5 saturated carbocycles. The van der Waals surface area contributed by atoms with Crippen LogP contribution in [-0.2, 0) is 33.2 Å². The number of aliphatic hydroxyl groups is 3. The second kappa shape index (κ2) is 10.9. The summed E-state index contributed by atoms with van der Waals surface area (Å²) < 4.78 is 37.4. The molecule has 46 heavy (non-hydrogen) atoms. The second-order valence-corrected chi connectivity index (χ2v) is 14.4. The number of piperidine rings is 1. The summed E-state index contributed by atoms with van der Waals surface area (Å²) >= 11 is 0. The number of fused-ring (bicyclic) bond motifs is 2. The van der Waals surface area contributed by atoms with E-state index in [0.717, 1.165) is 0 Å². The molecule has 12 nitrogen and oxygen atoms in total. The normalized spacial score (nSPS) is 49.9. The average Bonchev–Trinajstić information content (AvgIpc) is 3.41. The number of aliphatic hydroxyl groups excluding tert-OH is 2. The van der Waals surface area contributed by atoms with Gasteiger partial charge in [0, 0.05) is 83.0 Å². The third-order valence-electron chi connectivity index (χ3n) is 13.2. The number of esters is 2. The van der Waals surface area contributed by atoms with E-state index in [0.29, 0.717) is 25.1 Å². The maximum atomic E-state index is 13.8. The highest BCUT2D eigenvalue weighted by Gasteiger charge is 2.92. The third kappa shape index (κ3) is 3.62. The van der Waals surface area contributed by atoms with E-state index in [-0.39, 0.29) is 25.0 Å². The highest BCUT2D eigenvalue weighted by molar-refractivity contribution is 5.89. The van der Waals surface area contributed by atoms with Crippen LogP contribution in [0, 0.1) is 34.5 Å². The lowest BCUT2D eigenvalue weighted by Crippen LogP contribution is -2.81. The van der Waals surface area contributed by atoms with Crippen LogP contribution < -0.4 is 0 Å². The first kappa shape index (κ1) is 32.4. The molecule has 254 valence electrons. The Labute approximate surface area is 269 Å². The molecule has 0 aromatic heterocycles. The van der Waals surface area contributed by atoms with Gasteiger partial charge in [-0.05, 0) is 31.0 Å². The molecule has 7 bridgehead atoms. The van der Waals surface area contributed by atoms with Gasteiger partial charge in [-0.3, -0.25) is 9.69 Å². The lowest BCUT2D eigenvalue weighted by molar-refractivity contribution is -0.322. The zero-order valence-corrected chi connectivity index (χ0v) is 27.3. The van der Waals surface area contributed by atoms with Gasteiger partial charge in [-0.1, -0.05) is 25.1 Å². The zero-order chi connectivity index (χ0) is 33.0. The van der Waals surface area contributed by atoms with Crippen LogP contribution in [0.2, 0.25) is 0 Å². The van der Waals surface area contributed by atoms with E-state index in [1.807, 2.05) is 6.92 Å². The third-order valence-corrected chi connectivity index (χ3v) is 13.2. The molecule has 6 fully saturated rings. The molecular formula is C34H47NO11. The Morgan fingerprint density at radius 3 is 2.30 bits per heavy atom. The highest BCUT2D eigenvalue weighted by Crippen LogP contribution is 2.80. The molecule has 3 N–H and O–H groups in total. The van der Waals surface area contributed by atoms with Crippen molar-refractivity contribution in [1.29, 1.82) is 0 Å². The summed E-state index contributed by atoms with van der Waals surface area (Å²) in [5.41, 5.74) is -4.79. The maximum absolute atomic E-state index is 13.8. The molecule has 5 aliphatic carbocycles. The number of hydrogen-bond acceptors (Lipinski definition) is 12. The van der Waals surface area contributed by atoms with Gasteiger partial charge < -0.3 is 43.7 Å². The summed E-state index contributed by atoms with van der Waals surface area (Å²) in [7, 11) is 6.27. The Morgan fingerprint density at radius 1 is 1.00 bits per heavy atom. The van der Waals surface area contributed by atoms with Gasteiger partial charge in [0.2, 0.25) is 0 Å². The quantitative estimate of drug-likeness (QED) is 0.323. The minimum Gasteiger partial charge on any atom is -0.455 e. The fourth-order valence-electron chi connectivity index (χ4n) is 12.3. The fraction of sp³-hybridized carbons (Fsp3) is 0.765. The average molecular weight is 646 g/mol. The molecular weight excluding hydrogens is 598 g/mol. The van der Waals surface area contributed by atoms with Crippen molar-refractivity contribution in [3.8, 4) is 0 Å². The predicted octanol–water partition coefficient (Wildman–Crippen LogP) is 0.648. The number of likely N-dealkylation sites (tertiary alicyclic amines) is 1. The van der Waals surface area contributed by atoms with Crippen LogP contribution in [0.25, 0.3) is 0 Å². The molecule has 1 aliphatic heterocycles. The molecule has 1 saturated heterocycles. The Balaban J connectivity index is 1.53. The number of nitrogens with zero attached hydrogens (tertiary/aromatic N) is 1. The minimum atomic E-state index is -1.83. The van der Waals surface area contributed by atoms with Crippen molar-refractivity contribution >= 4 is 11.9 Å². The molecule has 0 radical (unpaired) electrons. The van der Waals surface area contributed by atoms with Gasteiger partial charge in [-0.2, -0.15) is 0 Å². The van der Waals surface area contributed by atoms with E-state index >= 15 is 0 Å². The van der Waals surface area contributed by atoms with E-state index in [9.17, 15) is 24.9 Å². The van der Waals surface area contributed by atoms with Crippen molar-refractivity contribution in [2.75, 3.05) is 48.1 Å². The number of hydrogen-bond donors (Lipinski definition) is 3. The molecule has 0 unspecified atom stereocenters. The van der Waals surface area contributed by atoms with Crippen LogP contribution in [0.4, 0.5) is 0 Å². The number of benzene rings is 1.